The van der Waals surface area contributed by atoms with Gasteiger partial charge in [0.2, 0.25) is 11.8 Å². The number of benzene rings is 1. The van der Waals surface area contributed by atoms with Crippen LogP contribution in [0.25, 0.3) is 0 Å². The van der Waals surface area contributed by atoms with Crippen molar-refractivity contribution in [3.05, 3.63) is 29.3 Å². The number of β-amino-alcohol motifs (C(OH)–C–C–N with tert-alkyl or cyclic N) is 1. The minimum Gasteiger partial charge on any atom is -0.391 e. The van der Waals surface area contributed by atoms with E-state index in [1.165, 1.54) is 0 Å². The van der Waals surface area contributed by atoms with E-state index in [4.69, 9.17) is 0 Å². The maximum absolute atomic E-state index is 12.8. The van der Waals surface area contributed by atoms with Crippen LogP contribution in [0.15, 0.2) is 18.2 Å². The van der Waals surface area contributed by atoms with Gasteiger partial charge >= 0.3 is 0 Å². The summed E-state index contributed by atoms with van der Waals surface area (Å²) in [6, 6.07) is 6.05. The third-order valence-corrected chi connectivity index (χ3v) is 5.25. The molecule has 3 atom stereocenters. The Bertz CT molecular complexity index is 638. The Kier molecular flexibility index (Phi) is 4.63. The molecule has 2 heterocycles. The number of amides is 2. The van der Waals surface area contributed by atoms with Crippen LogP contribution >= 0.6 is 0 Å². The Morgan fingerprint density at radius 3 is 2.42 bits per heavy atom. The van der Waals surface area contributed by atoms with Crippen molar-refractivity contribution >= 4 is 17.5 Å². The van der Waals surface area contributed by atoms with Crippen molar-refractivity contribution in [3.63, 3.8) is 0 Å². The zero-order valence-electron chi connectivity index (χ0n) is 14.7. The van der Waals surface area contributed by atoms with Crippen molar-refractivity contribution in [3.8, 4) is 0 Å². The molecule has 0 spiro atoms. The van der Waals surface area contributed by atoms with Crippen LogP contribution in [0.4, 0.5) is 5.69 Å². The number of carbonyl (C=O) groups excluding carboxylic acids is 2. The zero-order valence-corrected chi connectivity index (χ0v) is 14.7. The summed E-state index contributed by atoms with van der Waals surface area (Å²) < 4.78 is 0. The first kappa shape index (κ1) is 17.0. The van der Waals surface area contributed by atoms with Crippen molar-refractivity contribution in [2.75, 3.05) is 24.5 Å². The highest BCUT2D eigenvalue weighted by molar-refractivity contribution is 6.09. The molecule has 2 amide bonds. The van der Waals surface area contributed by atoms with Gasteiger partial charge in [0, 0.05) is 25.3 Å². The molecule has 0 bridgehead atoms. The number of hydrogen-bond acceptors (Lipinski definition) is 3. The minimum atomic E-state index is -0.605. The predicted molar refractivity (Wildman–Crippen MR) is 92.7 cm³/mol. The van der Waals surface area contributed by atoms with E-state index in [2.05, 4.69) is 6.07 Å². The summed E-state index contributed by atoms with van der Waals surface area (Å²) in [6.07, 6.45) is 0.844. The standard InChI is InChI=1S/C19H26N2O3/c1-12-8-13(2)10-15(9-12)21-7-5-16(19(21)24)18(23)20-6-4-14(3)17(22)11-20/h8-10,14,16-17,22H,4-7,11H2,1-3H3. The molecule has 3 unspecified atom stereocenters. The molecule has 130 valence electrons. The normalized spacial score (nSPS) is 27.7. The highest BCUT2D eigenvalue weighted by Gasteiger charge is 2.41. The zero-order chi connectivity index (χ0) is 17.4. The van der Waals surface area contributed by atoms with Crippen LogP contribution in [0, 0.1) is 25.7 Å². The number of anilines is 1. The lowest BCUT2D eigenvalue weighted by Gasteiger charge is -2.35. The molecule has 1 aromatic rings. The molecule has 2 aliphatic rings. The summed E-state index contributed by atoms with van der Waals surface area (Å²) in [5.41, 5.74) is 3.10. The van der Waals surface area contributed by atoms with Crippen molar-refractivity contribution in [1.29, 1.82) is 0 Å². The number of hydrogen-bond donors (Lipinski definition) is 1. The molecule has 5 nitrogen and oxygen atoms in total. The van der Waals surface area contributed by atoms with Crippen LogP contribution < -0.4 is 4.90 Å². The van der Waals surface area contributed by atoms with Crippen LogP contribution in [0.3, 0.4) is 0 Å². The van der Waals surface area contributed by atoms with E-state index >= 15 is 0 Å². The summed E-state index contributed by atoms with van der Waals surface area (Å²) in [4.78, 5) is 28.9. The van der Waals surface area contributed by atoms with Crippen LogP contribution in [0.2, 0.25) is 0 Å². The molecule has 0 saturated carbocycles. The summed E-state index contributed by atoms with van der Waals surface area (Å²) >= 11 is 0. The predicted octanol–water partition coefficient (Wildman–Crippen LogP) is 1.89. The summed E-state index contributed by atoms with van der Waals surface area (Å²) in [5, 5.41) is 10.0. The van der Waals surface area contributed by atoms with Crippen LogP contribution in [-0.4, -0.2) is 47.6 Å². The van der Waals surface area contributed by atoms with E-state index in [1.807, 2.05) is 32.9 Å². The van der Waals surface area contributed by atoms with Crippen molar-refractivity contribution in [2.45, 2.75) is 39.7 Å². The molecule has 0 aromatic heterocycles. The lowest BCUT2D eigenvalue weighted by atomic mass is 9.94. The molecule has 24 heavy (non-hydrogen) atoms. The third-order valence-electron chi connectivity index (χ3n) is 5.25. The topological polar surface area (TPSA) is 60.9 Å². The van der Waals surface area contributed by atoms with E-state index in [0.29, 0.717) is 26.1 Å². The Labute approximate surface area is 143 Å². The van der Waals surface area contributed by atoms with Gasteiger partial charge in [-0.3, -0.25) is 9.59 Å². The highest BCUT2D eigenvalue weighted by Crippen LogP contribution is 2.29. The fourth-order valence-electron chi connectivity index (χ4n) is 3.74. The number of piperidine rings is 1. The van der Waals surface area contributed by atoms with Gasteiger partial charge < -0.3 is 14.9 Å². The first-order valence-electron chi connectivity index (χ1n) is 8.73. The maximum atomic E-state index is 12.8. The first-order valence-corrected chi connectivity index (χ1v) is 8.73. The Morgan fingerprint density at radius 1 is 1.12 bits per heavy atom. The number of likely N-dealkylation sites (tertiary alicyclic amines) is 1. The molecule has 3 rings (SSSR count). The van der Waals surface area contributed by atoms with E-state index in [1.54, 1.807) is 9.80 Å². The van der Waals surface area contributed by atoms with Gasteiger partial charge in [-0.15, -0.1) is 0 Å². The van der Waals surface area contributed by atoms with Crippen LogP contribution in [0.5, 0.6) is 0 Å². The average Bonchev–Trinajstić information content (AvgIpc) is 2.90. The van der Waals surface area contributed by atoms with Crippen LogP contribution in [-0.2, 0) is 9.59 Å². The SMILES string of the molecule is Cc1cc(C)cc(N2CCC(C(=O)N3CCC(C)C(O)C3)C2=O)c1. The number of aryl methyl sites for hydroxylation is 2. The second-order valence-corrected chi connectivity index (χ2v) is 7.29. The molecule has 5 heteroatoms. The molecular weight excluding hydrogens is 304 g/mol. The van der Waals surface area contributed by atoms with Crippen molar-refractivity contribution in [2.24, 2.45) is 11.8 Å². The molecule has 1 aromatic carbocycles. The molecule has 2 aliphatic heterocycles. The number of carbonyl (C=O) groups is 2. The summed E-state index contributed by atoms with van der Waals surface area (Å²) in [6.45, 7) is 7.56. The number of aliphatic hydroxyl groups excluding tert-OH is 1. The van der Waals surface area contributed by atoms with E-state index in [-0.39, 0.29) is 17.7 Å². The van der Waals surface area contributed by atoms with Gasteiger partial charge in [0.05, 0.1) is 6.10 Å². The quantitative estimate of drug-likeness (QED) is 0.843. The Morgan fingerprint density at radius 2 is 1.79 bits per heavy atom. The van der Waals surface area contributed by atoms with Crippen molar-refractivity contribution in [1.82, 2.24) is 4.90 Å². The molecule has 2 saturated heterocycles. The second kappa shape index (κ2) is 6.55. The van der Waals surface area contributed by atoms with Crippen LogP contribution in [0.1, 0.15) is 30.9 Å². The van der Waals surface area contributed by atoms with Gasteiger partial charge in [-0.1, -0.05) is 13.0 Å². The largest absolute Gasteiger partial charge is 0.391 e. The molecule has 1 N–H and O–H groups in total. The van der Waals surface area contributed by atoms with Gasteiger partial charge in [0.25, 0.3) is 0 Å². The first-order chi connectivity index (χ1) is 11.4. The van der Waals surface area contributed by atoms with Gasteiger partial charge in [-0.2, -0.15) is 0 Å². The lowest BCUT2D eigenvalue weighted by molar-refractivity contribution is -0.143. The Balaban J connectivity index is 1.73. The van der Waals surface area contributed by atoms with E-state index in [9.17, 15) is 14.7 Å². The third kappa shape index (κ3) is 3.18. The average molecular weight is 330 g/mol. The summed E-state index contributed by atoms with van der Waals surface area (Å²) in [7, 11) is 0. The van der Waals surface area contributed by atoms with E-state index < -0.39 is 12.0 Å². The molecule has 2 fully saturated rings. The summed E-state index contributed by atoms with van der Waals surface area (Å²) in [5.74, 6) is -0.637. The second-order valence-electron chi connectivity index (χ2n) is 7.29. The lowest BCUT2D eigenvalue weighted by Crippen LogP contribution is -2.49. The number of rotatable bonds is 2. The van der Waals surface area contributed by atoms with Crippen molar-refractivity contribution < 1.29 is 14.7 Å². The fourth-order valence-corrected chi connectivity index (χ4v) is 3.74. The smallest absolute Gasteiger partial charge is 0.239 e. The number of nitrogens with zero attached hydrogens (tertiary/aromatic N) is 2. The van der Waals surface area contributed by atoms with Gasteiger partial charge in [-0.25, -0.2) is 0 Å². The maximum Gasteiger partial charge on any atom is 0.239 e. The fraction of sp³-hybridized carbons (Fsp3) is 0.579. The molecular formula is C19H26N2O3. The molecule has 0 radical (unpaired) electrons. The highest BCUT2D eigenvalue weighted by atomic mass is 16.3. The number of aliphatic hydroxyl groups is 1. The van der Waals surface area contributed by atoms with Gasteiger partial charge in [0.1, 0.15) is 5.92 Å². The van der Waals surface area contributed by atoms with Gasteiger partial charge in [0.15, 0.2) is 0 Å². The van der Waals surface area contributed by atoms with E-state index in [0.717, 1.165) is 23.2 Å². The Hall–Kier alpha value is -1.88. The minimum absolute atomic E-state index is 0.113. The monoisotopic (exact) mass is 330 g/mol. The molecule has 0 aliphatic carbocycles. The van der Waals surface area contributed by atoms with Gasteiger partial charge in [-0.05, 0) is 55.9 Å².